The monoisotopic (exact) mass is 412 g/mol. The molecule has 1 fully saturated rings. The highest BCUT2D eigenvalue weighted by atomic mass is 35.5. The molecule has 3 rings (SSSR count). The molecule has 1 heterocycles. The van der Waals surface area contributed by atoms with E-state index in [0.717, 1.165) is 43.6 Å². The van der Waals surface area contributed by atoms with Crippen molar-refractivity contribution in [1.82, 2.24) is 0 Å². The first-order chi connectivity index (χ1) is 13.1. The highest BCUT2D eigenvalue weighted by Gasteiger charge is 2.21. The molecular weight excluding hydrogens is 392 g/mol. The molecule has 1 aliphatic heterocycles. The Kier molecular flexibility index (Phi) is 7.09. The van der Waals surface area contributed by atoms with E-state index in [1.165, 1.54) is 6.42 Å². The summed E-state index contributed by atoms with van der Waals surface area (Å²) in [6, 6.07) is 17.8. The molecule has 27 heavy (non-hydrogen) atoms. The van der Waals surface area contributed by atoms with Gasteiger partial charge in [0.15, 0.2) is 5.78 Å². The van der Waals surface area contributed by atoms with Crippen molar-refractivity contribution in [2.24, 2.45) is 0 Å². The largest absolute Gasteiger partial charge is 0.294 e. The van der Waals surface area contributed by atoms with Gasteiger partial charge in [-0.2, -0.15) is 0 Å². The van der Waals surface area contributed by atoms with Crippen LogP contribution >= 0.6 is 35.1 Å². The van der Waals surface area contributed by atoms with Crippen molar-refractivity contribution in [2.45, 2.75) is 20.3 Å². The molecule has 0 atom stereocenters. The molecule has 0 saturated carbocycles. The van der Waals surface area contributed by atoms with Crippen LogP contribution < -0.4 is 0 Å². The second kappa shape index (κ2) is 9.52. The summed E-state index contributed by atoms with van der Waals surface area (Å²) in [6.07, 6.45) is 1.17. The fraction of sp³-hybridized carbons (Fsp3) is 0.217. The van der Waals surface area contributed by atoms with E-state index >= 15 is 0 Å². The van der Waals surface area contributed by atoms with E-state index in [0.29, 0.717) is 5.02 Å². The van der Waals surface area contributed by atoms with Crippen LogP contribution in [0.5, 0.6) is 0 Å². The van der Waals surface area contributed by atoms with Gasteiger partial charge in [-0.25, -0.2) is 0 Å². The van der Waals surface area contributed by atoms with E-state index in [2.05, 4.69) is 5.73 Å². The molecule has 0 amide bonds. The summed E-state index contributed by atoms with van der Waals surface area (Å²) < 4.78 is 1.10. The Hall–Kier alpha value is -1.64. The molecular formula is C23H21ClOS2. The van der Waals surface area contributed by atoms with Gasteiger partial charge in [-0.1, -0.05) is 60.1 Å². The summed E-state index contributed by atoms with van der Waals surface area (Å²) in [5.41, 5.74) is 7.97. The number of benzene rings is 2. The van der Waals surface area contributed by atoms with Crippen molar-refractivity contribution >= 4 is 52.1 Å². The van der Waals surface area contributed by atoms with Crippen molar-refractivity contribution < 1.29 is 4.79 Å². The second-order valence-corrected chi connectivity index (χ2v) is 9.12. The summed E-state index contributed by atoms with van der Waals surface area (Å²) in [6.45, 7) is 3.64. The van der Waals surface area contributed by atoms with Crippen LogP contribution in [0.4, 0.5) is 0 Å². The molecule has 4 heteroatoms. The highest BCUT2D eigenvalue weighted by molar-refractivity contribution is 8.22. The predicted molar refractivity (Wildman–Crippen MR) is 121 cm³/mol. The van der Waals surface area contributed by atoms with Crippen molar-refractivity contribution in [3.63, 3.8) is 0 Å². The number of carbonyl (C=O) groups excluding carboxylic acids is 1. The Labute approximate surface area is 174 Å². The van der Waals surface area contributed by atoms with E-state index in [4.69, 9.17) is 11.6 Å². The number of Topliss-reactive ketones (excluding diaryl/α,β-unsaturated/α-hetero) is 1. The Bertz CT molecular complexity index is 930. The number of carbonyl (C=O) groups is 1. The van der Waals surface area contributed by atoms with Crippen molar-refractivity contribution in [2.75, 3.05) is 11.5 Å². The maximum atomic E-state index is 12.7. The molecule has 0 radical (unpaired) electrons. The SMILES string of the molecule is CC(=O)C(C(=C=C(C)c1ccccc1Cl)c1ccccc1)=C1SCCCS1. The first-order valence-electron chi connectivity index (χ1n) is 8.87. The van der Waals surface area contributed by atoms with Gasteiger partial charge in [-0.15, -0.1) is 29.3 Å². The standard InChI is InChI=1S/C23H21ClOS2/c1-16(19-11-6-7-12-21(19)24)15-20(18-9-4-3-5-10-18)22(17(2)25)23-26-13-8-14-27-23/h3-7,9-12H,8,13-14H2,1-2H3. The van der Waals surface area contributed by atoms with Crippen molar-refractivity contribution in [3.05, 3.63) is 86.3 Å². The average Bonchev–Trinajstić information content (AvgIpc) is 2.69. The smallest absolute Gasteiger partial charge is 0.162 e. The van der Waals surface area contributed by atoms with Crippen LogP contribution in [0.2, 0.25) is 5.02 Å². The molecule has 0 unspecified atom stereocenters. The van der Waals surface area contributed by atoms with Gasteiger partial charge in [0.05, 0.1) is 9.81 Å². The van der Waals surface area contributed by atoms with E-state index in [9.17, 15) is 4.79 Å². The van der Waals surface area contributed by atoms with Gasteiger partial charge in [0.2, 0.25) is 0 Å². The molecule has 0 aliphatic carbocycles. The second-order valence-electron chi connectivity index (χ2n) is 6.24. The molecule has 0 spiro atoms. The molecule has 1 aliphatic rings. The predicted octanol–water partition coefficient (Wildman–Crippen LogP) is 7.10. The normalized spacial score (nSPS) is 13.7. The van der Waals surface area contributed by atoms with Crippen LogP contribution in [0, 0.1) is 0 Å². The third kappa shape index (κ3) is 5.00. The topological polar surface area (TPSA) is 17.1 Å². The van der Waals surface area contributed by atoms with Gasteiger partial charge in [0.1, 0.15) is 0 Å². The van der Waals surface area contributed by atoms with Crippen LogP contribution in [0.15, 0.2) is 70.1 Å². The van der Waals surface area contributed by atoms with Crippen LogP contribution in [0.1, 0.15) is 31.4 Å². The lowest BCUT2D eigenvalue weighted by Crippen LogP contribution is -2.05. The summed E-state index contributed by atoms with van der Waals surface area (Å²) in [4.78, 5) is 12.7. The molecule has 0 bridgehead atoms. The van der Waals surface area contributed by atoms with Crippen LogP contribution in [-0.2, 0) is 4.79 Å². The van der Waals surface area contributed by atoms with Crippen molar-refractivity contribution in [3.8, 4) is 0 Å². The van der Waals surface area contributed by atoms with Gasteiger partial charge < -0.3 is 0 Å². The summed E-state index contributed by atoms with van der Waals surface area (Å²) >= 11 is 9.93. The van der Waals surface area contributed by atoms with Crippen molar-refractivity contribution in [1.29, 1.82) is 0 Å². The van der Waals surface area contributed by atoms with Gasteiger partial charge in [0.25, 0.3) is 0 Å². The quantitative estimate of drug-likeness (QED) is 0.394. The first-order valence-corrected chi connectivity index (χ1v) is 11.2. The number of allylic oxidation sites excluding steroid dienone is 2. The van der Waals surface area contributed by atoms with Gasteiger partial charge in [-0.05, 0) is 43.4 Å². The lowest BCUT2D eigenvalue weighted by molar-refractivity contribution is -0.113. The Morgan fingerprint density at radius 1 is 0.963 bits per heavy atom. The summed E-state index contributed by atoms with van der Waals surface area (Å²) in [5.74, 6) is 2.17. The minimum Gasteiger partial charge on any atom is -0.294 e. The van der Waals surface area contributed by atoms with E-state index in [-0.39, 0.29) is 5.78 Å². The minimum atomic E-state index is 0.0743. The van der Waals surface area contributed by atoms with Gasteiger partial charge in [0, 0.05) is 21.7 Å². The Morgan fingerprint density at radius 2 is 1.59 bits per heavy atom. The lowest BCUT2D eigenvalue weighted by Gasteiger charge is -2.18. The first kappa shape index (κ1) is 20.1. The van der Waals surface area contributed by atoms with E-state index in [1.54, 1.807) is 30.4 Å². The number of thioether (sulfide) groups is 2. The third-order valence-electron chi connectivity index (χ3n) is 4.21. The summed E-state index contributed by atoms with van der Waals surface area (Å²) in [7, 11) is 0. The highest BCUT2D eigenvalue weighted by Crippen LogP contribution is 2.41. The molecule has 2 aromatic carbocycles. The van der Waals surface area contributed by atoms with Crippen LogP contribution in [0.25, 0.3) is 11.1 Å². The zero-order valence-electron chi connectivity index (χ0n) is 15.4. The maximum Gasteiger partial charge on any atom is 0.162 e. The maximum absolute atomic E-state index is 12.7. The van der Waals surface area contributed by atoms with E-state index in [1.807, 2.05) is 61.5 Å². The zero-order chi connectivity index (χ0) is 19.2. The molecule has 1 nitrogen and oxygen atoms in total. The number of rotatable bonds is 4. The minimum absolute atomic E-state index is 0.0743. The number of hydrogen-bond donors (Lipinski definition) is 0. The van der Waals surface area contributed by atoms with Crippen LogP contribution in [0.3, 0.4) is 0 Å². The number of hydrogen-bond acceptors (Lipinski definition) is 3. The lowest BCUT2D eigenvalue weighted by atomic mass is 9.95. The van der Waals surface area contributed by atoms with Gasteiger partial charge >= 0.3 is 0 Å². The molecule has 0 aromatic heterocycles. The van der Waals surface area contributed by atoms with Crippen LogP contribution in [-0.4, -0.2) is 17.3 Å². The fourth-order valence-electron chi connectivity index (χ4n) is 2.90. The Morgan fingerprint density at radius 3 is 2.22 bits per heavy atom. The average molecular weight is 413 g/mol. The summed E-state index contributed by atoms with van der Waals surface area (Å²) in [5, 5.41) is 0.688. The van der Waals surface area contributed by atoms with Gasteiger partial charge in [-0.3, -0.25) is 4.79 Å². The fourth-order valence-corrected chi connectivity index (χ4v) is 5.92. The third-order valence-corrected chi connectivity index (χ3v) is 7.17. The number of halogens is 1. The molecule has 2 aromatic rings. The molecule has 138 valence electrons. The molecule has 0 N–H and O–H groups in total. The zero-order valence-corrected chi connectivity index (χ0v) is 17.8. The molecule has 1 saturated heterocycles. The Balaban J connectivity index is 2.28. The number of ketones is 1. The van der Waals surface area contributed by atoms with E-state index < -0.39 is 0 Å².